The predicted molar refractivity (Wildman–Crippen MR) is 112 cm³/mol. The van der Waals surface area contributed by atoms with Gasteiger partial charge >= 0.3 is 12.1 Å². The average Bonchev–Trinajstić information content (AvgIpc) is 3.41. The van der Waals surface area contributed by atoms with E-state index in [9.17, 15) is 14.4 Å². The number of para-hydroxylation sites is 1. The summed E-state index contributed by atoms with van der Waals surface area (Å²) >= 11 is 0. The van der Waals surface area contributed by atoms with Gasteiger partial charge in [-0.1, -0.05) is 18.2 Å². The van der Waals surface area contributed by atoms with E-state index in [1.807, 2.05) is 35.7 Å². The second-order valence-electron chi connectivity index (χ2n) is 6.86. The van der Waals surface area contributed by atoms with Crippen molar-refractivity contribution in [1.29, 1.82) is 0 Å². The Hall–Kier alpha value is -3.94. The third-order valence-corrected chi connectivity index (χ3v) is 4.86. The molecule has 3 aromatic rings. The molecule has 8 heteroatoms. The molecular weight excluding hydrogens is 400 g/mol. The standard InChI is InChI=1S/C23H20N2O6/c1-2-29-23(28)25-19(26)13-31-22(27)20-16-7-3-4-8-18(16)24-21-14(9-10-17(20)21)12-15-6-5-11-30-15/h3-8,11-12H,2,9-10,13H2,1H3,(H,25,26,28)/b14-12+. The van der Waals surface area contributed by atoms with Crippen molar-refractivity contribution < 1.29 is 28.3 Å². The number of amides is 2. The molecule has 0 saturated heterocycles. The second-order valence-corrected chi connectivity index (χ2v) is 6.86. The van der Waals surface area contributed by atoms with Gasteiger partial charge in [-0.2, -0.15) is 0 Å². The molecule has 1 aliphatic rings. The first-order valence-corrected chi connectivity index (χ1v) is 9.86. The molecule has 1 aromatic carbocycles. The van der Waals surface area contributed by atoms with Crippen molar-refractivity contribution in [2.45, 2.75) is 19.8 Å². The zero-order valence-electron chi connectivity index (χ0n) is 16.8. The van der Waals surface area contributed by atoms with Crippen LogP contribution < -0.4 is 5.32 Å². The number of esters is 1. The van der Waals surface area contributed by atoms with Crippen LogP contribution in [-0.4, -0.2) is 36.2 Å². The van der Waals surface area contributed by atoms with Crippen LogP contribution in [-0.2, 0) is 20.7 Å². The molecular formula is C23H20N2O6. The van der Waals surface area contributed by atoms with E-state index in [0.717, 1.165) is 16.8 Å². The van der Waals surface area contributed by atoms with Crippen LogP contribution in [0.2, 0.25) is 0 Å². The van der Waals surface area contributed by atoms with Crippen molar-refractivity contribution in [3.05, 3.63) is 65.2 Å². The second kappa shape index (κ2) is 8.83. The fourth-order valence-corrected chi connectivity index (χ4v) is 3.58. The van der Waals surface area contributed by atoms with Gasteiger partial charge in [-0.15, -0.1) is 0 Å². The number of rotatable bonds is 5. The molecule has 1 aliphatic carbocycles. The molecule has 0 saturated carbocycles. The largest absolute Gasteiger partial charge is 0.465 e. The maximum atomic E-state index is 13.0. The molecule has 2 aromatic heterocycles. The maximum absolute atomic E-state index is 13.0. The molecule has 0 spiro atoms. The van der Waals surface area contributed by atoms with Crippen LogP contribution in [0.5, 0.6) is 0 Å². The molecule has 0 radical (unpaired) electrons. The molecule has 2 heterocycles. The highest BCUT2D eigenvalue weighted by Crippen LogP contribution is 2.37. The monoisotopic (exact) mass is 420 g/mol. The topological polar surface area (TPSA) is 108 Å². The molecule has 4 rings (SSSR count). The van der Waals surface area contributed by atoms with Crippen molar-refractivity contribution in [1.82, 2.24) is 10.3 Å². The summed E-state index contributed by atoms with van der Waals surface area (Å²) in [5, 5.41) is 2.65. The minimum absolute atomic E-state index is 0.127. The van der Waals surface area contributed by atoms with E-state index in [1.165, 1.54) is 0 Å². The van der Waals surface area contributed by atoms with Crippen molar-refractivity contribution >= 4 is 40.5 Å². The van der Waals surface area contributed by atoms with Crippen LogP contribution in [0, 0.1) is 0 Å². The summed E-state index contributed by atoms with van der Waals surface area (Å²) in [5.41, 5.74) is 3.49. The molecule has 8 nitrogen and oxygen atoms in total. The first-order valence-electron chi connectivity index (χ1n) is 9.86. The number of nitrogens with one attached hydrogen (secondary N) is 1. The minimum Gasteiger partial charge on any atom is -0.465 e. The summed E-state index contributed by atoms with van der Waals surface area (Å²) in [6, 6.07) is 10.9. The normalized spacial score (nSPS) is 13.8. The van der Waals surface area contributed by atoms with Crippen LogP contribution in [0.1, 0.15) is 40.7 Å². The van der Waals surface area contributed by atoms with Crippen LogP contribution in [0.4, 0.5) is 4.79 Å². The molecule has 2 amide bonds. The number of furan rings is 1. The highest BCUT2D eigenvalue weighted by Gasteiger charge is 2.28. The van der Waals surface area contributed by atoms with Gasteiger partial charge in [0, 0.05) is 5.39 Å². The highest BCUT2D eigenvalue weighted by atomic mass is 16.6. The Balaban J connectivity index is 1.64. The van der Waals surface area contributed by atoms with Gasteiger partial charge in [-0.3, -0.25) is 10.1 Å². The Kier molecular flexibility index (Phi) is 5.79. The van der Waals surface area contributed by atoms with E-state index < -0.39 is 24.6 Å². The number of hydrogen-bond donors (Lipinski definition) is 1. The van der Waals surface area contributed by atoms with Gasteiger partial charge in [0.2, 0.25) is 0 Å². The SMILES string of the molecule is CCOC(=O)NC(=O)COC(=O)c1c2c(nc3ccccc13)/C(=C/c1ccco1)CC2. The lowest BCUT2D eigenvalue weighted by Crippen LogP contribution is -2.34. The van der Waals surface area contributed by atoms with Gasteiger partial charge in [-0.25, -0.2) is 14.6 Å². The van der Waals surface area contributed by atoms with Crippen LogP contribution in [0.3, 0.4) is 0 Å². The van der Waals surface area contributed by atoms with Crippen LogP contribution >= 0.6 is 0 Å². The highest BCUT2D eigenvalue weighted by molar-refractivity contribution is 6.07. The number of allylic oxidation sites excluding steroid dienone is 1. The zero-order valence-corrected chi connectivity index (χ0v) is 16.8. The number of alkyl carbamates (subject to hydrolysis) is 1. The molecule has 158 valence electrons. The number of hydrogen-bond acceptors (Lipinski definition) is 7. The van der Waals surface area contributed by atoms with E-state index >= 15 is 0 Å². The number of ether oxygens (including phenoxy) is 2. The molecule has 0 fully saturated rings. The van der Waals surface area contributed by atoms with Crippen molar-refractivity contribution in [3.8, 4) is 0 Å². The van der Waals surface area contributed by atoms with Crippen molar-refractivity contribution in [2.24, 2.45) is 0 Å². The smallest absolute Gasteiger partial charge is 0.413 e. The number of carbonyl (C=O) groups excluding carboxylic acids is 3. The van der Waals surface area contributed by atoms with Gasteiger partial charge in [0.05, 0.1) is 29.6 Å². The lowest BCUT2D eigenvalue weighted by atomic mass is 10.0. The number of carbonyl (C=O) groups is 3. The summed E-state index contributed by atoms with van der Waals surface area (Å²) < 4.78 is 15.3. The zero-order chi connectivity index (χ0) is 21.8. The summed E-state index contributed by atoms with van der Waals surface area (Å²) in [7, 11) is 0. The third-order valence-electron chi connectivity index (χ3n) is 4.86. The maximum Gasteiger partial charge on any atom is 0.413 e. The summed E-state index contributed by atoms with van der Waals surface area (Å²) in [6.45, 7) is 1.15. The average molecular weight is 420 g/mol. The Morgan fingerprint density at radius 3 is 2.74 bits per heavy atom. The molecule has 0 atom stereocenters. The number of imide groups is 1. The van der Waals surface area contributed by atoms with E-state index in [2.05, 4.69) is 4.74 Å². The van der Waals surface area contributed by atoms with E-state index in [0.29, 0.717) is 35.1 Å². The number of benzene rings is 1. The van der Waals surface area contributed by atoms with E-state index in [-0.39, 0.29) is 6.61 Å². The molecule has 1 N–H and O–H groups in total. The van der Waals surface area contributed by atoms with E-state index in [1.54, 1.807) is 25.3 Å². The van der Waals surface area contributed by atoms with Gasteiger partial charge in [-0.05, 0) is 55.2 Å². The Bertz CT molecular complexity index is 1180. The third kappa shape index (κ3) is 4.32. The molecule has 0 bridgehead atoms. The number of aromatic nitrogens is 1. The quantitative estimate of drug-likeness (QED) is 0.627. The number of fused-ring (bicyclic) bond motifs is 2. The number of pyridine rings is 1. The summed E-state index contributed by atoms with van der Waals surface area (Å²) in [6.07, 6.45) is 3.93. The predicted octanol–water partition coefficient (Wildman–Crippen LogP) is 3.74. The van der Waals surface area contributed by atoms with Crippen molar-refractivity contribution in [2.75, 3.05) is 13.2 Å². The van der Waals surface area contributed by atoms with Gasteiger partial charge in [0.15, 0.2) is 6.61 Å². The fraction of sp³-hybridized carbons (Fsp3) is 0.217. The molecule has 31 heavy (non-hydrogen) atoms. The van der Waals surface area contributed by atoms with E-state index in [4.69, 9.17) is 14.1 Å². The van der Waals surface area contributed by atoms with Gasteiger partial charge in [0.25, 0.3) is 5.91 Å². The first kappa shape index (κ1) is 20.3. The first-order chi connectivity index (χ1) is 15.1. The van der Waals surface area contributed by atoms with Crippen LogP contribution in [0.15, 0.2) is 47.1 Å². The molecule has 0 aliphatic heterocycles. The lowest BCUT2D eigenvalue weighted by Gasteiger charge is -2.12. The lowest BCUT2D eigenvalue weighted by molar-refractivity contribution is -0.123. The minimum atomic E-state index is -0.883. The van der Waals surface area contributed by atoms with Gasteiger partial charge in [0.1, 0.15) is 5.76 Å². The fourth-order valence-electron chi connectivity index (χ4n) is 3.58. The van der Waals surface area contributed by atoms with Gasteiger partial charge < -0.3 is 13.9 Å². The van der Waals surface area contributed by atoms with Crippen LogP contribution in [0.25, 0.3) is 22.6 Å². The summed E-state index contributed by atoms with van der Waals surface area (Å²) in [4.78, 5) is 40.9. The molecule has 0 unspecified atom stereocenters. The Morgan fingerprint density at radius 1 is 1.13 bits per heavy atom. The Morgan fingerprint density at radius 2 is 1.97 bits per heavy atom. The number of nitrogens with zero attached hydrogens (tertiary/aromatic N) is 1. The Labute approximate surface area is 177 Å². The van der Waals surface area contributed by atoms with Crippen molar-refractivity contribution in [3.63, 3.8) is 0 Å². The summed E-state index contributed by atoms with van der Waals surface area (Å²) in [5.74, 6) is -0.703.